The molecule has 37 heavy (non-hydrogen) atoms. The van der Waals surface area contributed by atoms with Crippen LogP contribution in [0.3, 0.4) is 0 Å². The van der Waals surface area contributed by atoms with Crippen LogP contribution in [-0.2, 0) is 5.54 Å². The molecule has 4 heterocycles. The number of nitrogens with one attached hydrogen (secondary N) is 1. The molecule has 5 rings (SSSR count). The van der Waals surface area contributed by atoms with Crippen molar-refractivity contribution >= 4 is 22.4 Å². The summed E-state index contributed by atoms with van der Waals surface area (Å²) in [6, 6.07) is 3.20. The molecule has 192 valence electrons. The number of phenolic OH excluding ortho intramolecular Hbond substituents is 1. The average molecular weight is 505 g/mol. The minimum atomic E-state index is -0.616. The number of nitrogen functional groups attached to an aromatic ring is 1. The SMILES string of the molecule is CC(c1cnn(C(C)(C)C)c(=O)c1C1=CCCNC1)n1nc(-c2cc(O)cc(F)c2)c2c(N)ncnc21. The van der Waals surface area contributed by atoms with Gasteiger partial charge in [0.15, 0.2) is 5.65 Å². The number of halogens is 1. The summed E-state index contributed by atoms with van der Waals surface area (Å²) in [5.74, 6) is -0.687. The van der Waals surface area contributed by atoms with Crippen molar-refractivity contribution in [3.63, 3.8) is 0 Å². The number of anilines is 1. The third-order valence-electron chi connectivity index (χ3n) is 6.48. The maximum Gasteiger partial charge on any atom is 0.275 e. The van der Waals surface area contributed by atoms with Gasteiger partial charge in [-0.3, -0.25) is 4.79 Å². The zero-order chi connectivity index (χ0) is 26.5. The standard InChI is InChI=1S/C26H29FN8O2/c1-14(19-12-32-35(26(2,3)4)25(37)20(19)15-6-5-7-29-11-15)34-24-21(23(28)30-13-31-24)22(33-34)16-8-17(27)10-18(36)9-16/h6,8-10,12-14,29,36H,5,7,11H2,1-4H3,(H2,28,30,31). The summed E-state index contributed by atoms with van der Waals surface area (Å²) in [6.45, 7) is 9.11. The number of aromatic hydroxyl groups is 1. The van der Waals surface area contributed by atoms with Crippen molar-refractivity contribution in [1.29, 1.82) is 0 Å². The Morgan fingerprint density at radius 2 is 2.00 bits per heavy atom. The monoisotopic (exact) mass is 504 g/mol. The lowest BCUT2D eigenvalue weighted by atomic mass is 9.95. The van der Waals surface area contributed by atoms with E-state index in [-0.39, 0.29) is 17.1 Å². The van der Waals surface area contributed by atoms with Crippen molar-refractivity contribution in [2.75, 3.05) is 18.8 Å². The van der Waals surface area contributed by atoms with Crippen molar-refractivity contribution in [2.24, 2.45) is 0 Å². The number of aromatic nitrogens is 6. The fourth-order valence-corrected chi connectivity index (χ4v) is 4.73. The van der Waals surface area contributed by atoms with Crippen molar-refractivity contribution in [1.82, 2.24) is 34.8 Å². The third-order valence-corrected chi connectivity index (χ3v) is 6.48. The molecule has 0 saturated carbocycles. The van der Waals surface area contributed by atoms with Crippen LogP contribution in [0.25, 0.3) is 27.9 Å². The Hall–Kier alpha value is -4.12. The van der Waals surface area contributed by atoms with E-state index < -0.39 is 17.4 Å². The topological polar surface area (TPSA) is 137 Å². The van der Waals surface area contributed by atoms with Gasteiger partial charge in [-0.15, -0.1) is 0 Å². The number of rotatable bonds is 4. The molecule has 4 N–H and O–H groups in total. The largest absolute Gasteiger partial charge is 0.508 e. The summed E-state index contributed by atoms with van der Waals surface area (Å²) in [7, 11) is 0. The summed E-state index contributed by atoms with van der Waals surface area (Å²) in [6.07, 6.45) is 5.93. The van der Waals surface area contributed by atoms with Crippen LogP contribution in [0.2, 0.25) is 0 Å². The van der Waals surface area contributed by atoms with Crippen molar-refractivity contribution < 1.29 is 9.50 Å². The van der Waals surface area contributed by atoms with Gasteiger partial charge in [-0.25, -0.2) is 23.7 Å². The second kappa shape index (κ2) is 9.07. The Labute approximate surface area is 212 Å². The Morgan fingerprint density at radius 3 is 2.68 bits per heavy atom. The molecule has 1 aliphatic heterocycles. The van der Waals surface area contributed by atoms with E-state index in [1.165, 1.54) is 23.1 Å². The fraction of sp³-hybridized carbons (Fsp3) is 0.346. The molecule has 1 aliphatic rings. The van der Waals surface area contributed by atoms with Crippen LogP contribution in [0.1, 0.15) is 51.3 Å². The lowest BCUT2D eigenvalue weighted by Gasteiger charge is -2.26. The maximum absolute atomic E-state index is 14.2. The highest BCUT2D eigenvalue weighted by molar-refractivity contribution is 5.98. The first-order valence-electron chi connectivity index (χ1n) is 12.1. The molecular formula is C26H29FN8O2. The molecular weight excluding hydrogens is 475 g/mol. The fourth-order valence-electron chi connectivity index (χ4n) is 4.73. The van der Waals surface area contributed by atoms with E-state index in [2.05, 4.69) is 26.5 Å². The molecule has 0 saturated heterocycles. The number of hydrogen-bond donors (Lipinski definition) is 3. The van der Waals surface area contributed by atoms with Crippen LogP contribution in [0.4, 0.5) is 10.2 Å². The summed E-state index contributed by atoms with van der Waals surface area (Å²) in [5.41, 5.74) is 8.74. The maximum atomic E-state index is 14.2. The van der Waals surface area contributed by atoms with Crippen LogP contribution in [0, 0.1) is 5.82 Å². The number of benzene rings is 1. The predicted octanol–water partition coefficient (Wildman–Crippen LogP) is 3.22. The van der Waals surface area contributed by atoms with Gasteiger partial charge < -0.3 is 16.2 Å². The first-order chi connectivity index (χ1) is 17.6. The highest BCUT2D eigenvalue weighted by Gasteiger charge is 2.28. The van der Waals surface area contributed by atoms with E-state index in [0.29, 0.717) is 40.0 Å². The minimum absolute atomic E-state index is 0.169. The summed E-state index contributed by atoms with van der Waals surface area (Å²) in [5, 5.41) is 23.0. The average Bonchev–Trinajstić information content (AvgIpc) is 3.23. The van der Waals surface area contributed by atoms with E-state index in [0.717, 1.165) is 24.6 Å². The number of phenols is 1. The molecule has 11 heteroatoms. The molecule has 0 bridgehead atoms. The molecule has 0 fully saturated rings. The van der Waals surface area contributed by atoms with Gasteiger partial charge in [0.2, 0.25) is 0 Å². The second-order valence-electron chi connectivity index (χ2n) is 10.2. The van der Waals surface area contributed by atoms with Gasteiger partial charge in [0.25, 0.3) is 5.56 Å². The van der Waals surface area contributed by atoms with Crippen LogP contribution in [0.5, 0.6) is 5.75 Å². The Kier molecular flexibility index (Phi) is 6.03. The highest BCUT2D eigenvalue weighted by atomic mass is 19.1. The van der Waals surface area contributed by atoms with Gasteiger partial charge in [0, 0.05) is 23.7 Å². The van der Waals surface area contributed by atoms with Crippen LogP contribution in [-0.4, -0.2) is 47.7 Å². The van der Waals surface area contributed by atoms with E-state index in [4.69, 9.17) is 10.8 Å². The Morgan fingerprint density at radius 1 is 1.22 bits per heavy atom. The quantitative estimate of drug-likeness (QED) is 0.385. The number of hydrogen-bond acceptors (Lipinski definition) is 8. The van der Waals surface area contributed by atoms with Crippen molar-refractivity contribution in [3.05, 3.63) is 64.1 Å². The summed E-state index contributed by atoms with van der Waals surface area (Å²) in [4.78, 5) is 22.3. The molecule has 0 amide bonds. The van der Waals surface area contributed by atoms with Crippen molar-refractivity contribution in [2.45, 2.75) is 45.7 Å². The van der Waals surface area contributed by atoms with Crippen LogP contribution < -0.4 is 16.6 Å². The van der Waals surface area contributed by atoms with Gasteiger partial charge >= 0.3 is 0 Å². The normalized spacial score (nSPS) is 15.1. The molecule has 0 radical (unpaired) electrons. The van der Waals surface area contributed by atoms with Gasteiger partial charge in [-0.05, 0) is 58.4 Å². The van der Waals surface area contributed by atoms with Crippen LogP contribution in [0.15, 0.2) is 41.6 Å². The molecule has 1 aromatic carbocycles. The molecule has 1 atom stereocenters. The van der Waals surface area contributed by atoms with Gasteiger partial charge in [-0.2, -0.15) is 10.2 Å². The lowest BCUT2D eigenvalue weighted by molar-refractivity contribution is 0.335. The minimum Gasteiger partial charge on any atom is -0.508 e. The molecule has 0 aliphatic carbocycles. The van der Waals surface area contributed by atoms with E-state index in [9.17, 15) is 14.3 Å². The molecule has 10 nitrogen and oxygen atoms in total. The zero-order valence-electron chi connectivity index (χ0n) is 21.2. The van der Waals surface area contributed by atoms with Crippen LogP contribution >= 0.6 is 0 Å². The molecule has 0 spiro atoms. The van der Waals surface area contributed by atoms with E-state index in [1.54, 1.807) is 10.9 Å². The van der Waals surface area contributed by atoms with E-state index in [1.807, 2.05) is 27.7 Å². The predicted molar refractivity (Wildman–Crippen MR) is 140 cm³/mol. The Bertz CT molecular complexity index is 1580. The second-order valence-corrected chi connectivity index (χ2v) is 10.2. The summed E-state index contributed by atoms with van der Waals surface area (Å²) >= 11 is 0. The molecule has 4 aromatic rings. The smallest absolute Gasteiger partial charge is 0.275 e. The Balaban J connectivity index is 1.75. The number of nitrogens with zero attached hydrogens (tertiary/aromatic N) is 6. The number of fused-ring (bicyclic) bond motifs is 1. The molecule has 3 aromatic heterocycles. The van der Waals surface area contributed by atoms with Gasteiger partial charge in [0.1, 0.15) is 29.4 Å². The molecule has 1 unspecified atom stereocenters. The highest BCUT2D eigenvalue weighted by Crippen LogP contribution is 2.35. The first-order valence-corrected chi connectivity index (χ1v) is 12.1. The van der Waals surface area contributed by atoms with Gasteiger partial charge in [0.05, 0.1) is 28.7 Å². The zero-order valence-corrected chi connectivity index (χ0v) is 21.2. The third kappa shape index (κ3) is 4.35. The first kappa shape index (κ1) is 24.6. The van der Waals surface area contributed by atoms with E-state index >= 15 is 0 Å². The lowest BCUT2D eigenvalue weighted by Crippen LogP contribution is -2.39. The number of nitrogens with two attached hydrogens (primary N) is 1. The van der Waals surface area contributed by atoms with Crippen molar-refractivity contribution in [3.8, 4) is 17.0 Å². The summed E-state index contributed by atoms with van der Waals surface area (Å²) < 4.78 is 17.3. The van der Waals surface area contributed by atoms with Gasteiger partial charge in [-0.1, -0.05) is 6.08 Å².